The van der Waals surface area contributed by atoms with Gasteiger partial charge in [0.2, 0.25) is 0 Å². The lowest BCUT2D eigenvalue weighted by atomic mass is 10.3. The van der Waals surface area contributed by atoms with Crippen LogP contribution in [0.4, 0.5) is 18.9 Å². The lowest BCUT2D eigenvalue weighted by molar-refractivity contribution is -0.141. The minimum atomic E-state index is -4.50. The number of aromatic nitrogens is 1. The van der Waals surface area contributed by atoms with E-state index in [0.29, 0.717) is 0 Å². The molecule has 1 aromatic heterocycles. The van der Waals surface area contributed by atoms with Crippen molar-refractivity contribution in [1.29, 1.82) is 0 Å². The fourth-order valence-corrected chi connectivity index (χ4v) is 1.23. The first-order valence-electron chi connectivity index (χ1n) is 5.32. The minimum absolute atomic E-state index is 0.176. The maximum Gasteiger partial charge on any atom is 0.433 e. The second kappa shape index (κ2) is 6.19. The van der Waals surface area contributed by atoms with E-state index in [-0.39, 0.29) is 11.4 Å². The smallest absolute Gasteiger partial charge is 0.319 e. The molecule has 104 valence electrons. The van der Waals surface area contributed by atoms with Gasteiger partial charge in [-0.1, -0.05) is 6.08 Å². The Morgan fingerprint density at radius 2 is 2.05 bits per heavy atom. The number of carbonyl (C=O) groups is 1. The first-order chi connectivity index (χ1) is 8.88. The number of anilines is 1. The maximum atomic E-state index is 12.3. The third-order valence-electron chi connectivity index (χ3n) is 2.10. The first-order valence-corrected chi connectivity index (χ1v) is 5.32. The van der Waals surface area contributed by atoms with E-state index >= 15 is 0 Å². The van der Waals surface area contributed by atoms with E-state index in [1.54, 1.807) is 14.0 Å². The second-order valence-corrected chi connectivity index (χ2v) is 3.46. The molecule has 19 heavy (non-hydrogen) atoms. The van der Waals surface area contributed by atoms with Gasteiger partial charge in [-0.05, 0) is 19.1 Å². The second-order valence-electron chi connectivity index (χ2n) is 3.46. The van der Waals surface area contributed by atoms with Gasteiger partial charge in [0.25, 0.3) is 5.91 Å². The zero-order valence-corrected chi connectivity index (χ0v) is 10.3. The van der Waals surface area contributed by atoms with Gasteiger partial charge in [-0.15, -0.1) is 0 Å². The van der Waals surface area contributed by atoms with Crippen LogP contribution in [-0.4, -0.2) is 17.9 Å². The quantitative estimate of drug-likeness (QED) is 0.577. The number of hydrazine groups is 1. The van der Waals surface area contributed by atoms with E-state index in [0.717, 1.165) is 18.3 Å². The van der Waals surface area contributed by atoms with Crippen molar-refractivity contribution in [1.82, 2.24) is 15.8 Å². The molecule has 0 bridgehead atoms. The van der Waals surface area contributed by atoms with Crippen molar-refractivity contribution < 1.29 is 18.0 Å². The molecule has 1 heterocycles. The van der Waals surface area contributed by atoms with Crippen molar-refractivity contribution in [3.63, 3.8) is 0 Å². The highest BCUT2D eigenvalue weighted by Gasteiger charge is 2.32. The normalized spacial score (nSPS) is 12.2. The van der Waals surface area contributed by atoms with E-state index in [4.69, 9.17) is 0 Å². The van der Waals surface area contributed by atoms with Gasteiger partial charge in [0, 0.05) is 7.05 Å². The van der Waals surface area contributed by atoms with Crippen molar-refractivity contribution in [2.45, 2.75) is 13.1 Å². The monoisotopic (exact) mass is 274 g/mol. The van der Waals surface area contributed by atoms with Crippen LogP contribution in [0.1, 0.15) is 12.6 Å². The molecule has 0 fully saturated rings. The third kappa shape index (κ3) is 4.25. The van der Waals surface area contributed by atoms with Gasteiger partial charge in [0.15, 0.2) is 0 Å². The number of nitrogens with one attached hydrogen (secondary N) is 3. The summed E-state index contributed by atoms with van der Waals surface area (Å²) in [5, 5.41) is 2.42. The molecule has 0 unspecified atom stereocenters. The van der Waals surface area contributed by atoms with Crippen molar-refractivity contribution in [3.05, 3.63) is 35.8 Å². The number of alkyl halides is 3. The number of amides is 1. The Kier molecular flexibility index (Phi) is 4.87. The summed E-state index contributed by atoms with van der Waals surface area (Å²) in [5.41, 5.74) is 4.56. The Balaban J connectivity index is 2.76. The summed E-state index contributed by atoms with van der Waals surface area (Å²) in [7, 11) is 1.58. The van der Waals surface area contributed by atoms with E-state index in [2.05, 4.69) is 21.2 Å². The molecule has 0 spiro atoms. The summed E-state index contributed by atoms with van der Waals surface area (Å²) in [5.74, 6) is -0.488. The number of pyridine rings is 1. The van der Waals surface area contributed by atoms with Crippen LogP contribution in [0.3, 0.4) is 0 Å². The highest BCUT2D eigenvalue weighted by molar-refractivity contribution is 6.03. The van der Waals surface area contributed by atoms with Crippen LogP contribution in [0.2, 0.25) is 0 Å². The summed E-state index contributed by atoms with van der Waals surface area (Å²) >= 11 is 0. The molecule has 0 saturated carbocycles. The summed E-state index contributed by atoms with van der Waals surface area (Å²) < 4.78 is 36.9. The maximum absolute atomic E-state index is 12.3. The van der Waals surface area contributed by atoms with E-state index in [9.17, 15) is 18.0 Å². The molecule has 1 rings (SSSR count). The minimum Gasteiger partial charge on any atom is -0.319 e. The fraction of sp³-hybridized carbons (Fsp3) is 0.273. The lowest BCUT2D eigenvalue weighted by Gasteiger charge is -2.10. The van der Waals surface area contributed by atoms with Crippen LogP contribution >= 0.6 is 0 Å². The SMILES string of the molecule is C/C=C(\NNC)C(=O)Nc1ccc(C(F)(F)F)nc1. The van der Waals surface area contributed by atoms with Crippen molar-refractivity contribution in [2.75, 3.05) is 12.4 Å². The number of allylic oxidation sites excluding steroid dienone is 1. The molecule has 0 saturated heterocycles. The number of carbonyl (C=O) groups excluding carboxylic acids is 1. The van der Waals surface area contributed by atoms with Crippen LogP contribution < -0.4 is 16.2 Å². The van der Waals surface area contributed by atoms with Gasteiger partial charge in [0.05, 0.1) is 11.9 Å². The summed E-state index contributed by atoms with van der Waals surface area (Å²) in [4.78, 5) is 14.9. The van der Waals surface area contributed by atoms with Crippen molar-refractivity contribution in [2.24, 2.45) is 0 Å². The van der Waals surface area contributed by atoms with Gasteiger partial charge in [0.1, 0.15) is 11.4 Å². The van der Waals surface area contributed by atoms with Gasteiger partial charge >= 0.3 is 6.18 Å². The Morgan fingerprint density at radius 3 is 2.47 bits per heavy atom. The Bertz CT molecular complexity index is 468. The Morgan fingerprint density at radius 1 is 1.37 bits per heavy atom. The summed E-state index contributed by atoms with van der Waals surface area (Å²) in [6, 6.07) is 1.94. The highest BCUT2D eigenvalue weighted by atomic mass is 19.4. The van der Waals surface area contributed by atoms with Crippen LogP contribution in [0.15, 0.2) is 30.1 Å². The summed E-state index contributed by atoms with van der Waals surface area (Å²) in [6.45, 7) is 1.64. The predicted octanol–water partition coefficient (Wildman–Crippen LogP) is 1.67. The fourth-order valence-electron chi connectivity index (χ4n) is 1.23. The van der Waals surface area contributed by atoms with E-state index < -0.39 is 17.8 Å². The zero-order chi connectivity index (χ0) is 14.5. The standard InChI is InChI=1S/C11H13F3N4O/c1-3-8(18-15-2)10(19)17-7-4-5-9(16-6-7)11(12,13)14/h3-6,15,18H,1-2H3,(H,17,19)/b8-3-. The van der Waals surface area contributed by atoms with E-state index in [1.165, 1.54) is 6.08 Å². The zero-order valence-electron chi connectivity index (χ0n) is 10.3. The molecule has 0 radical (unpaired) electrons. The average Bonchev–Trinajstić information content (AvgIpc) is 2.35. The van der Waals surface area contributed by atoms with Gasteiger partial charge in [-0.3, -0.25) is 4.79 Å². The van der Waals surface area contributed by atoms with Gasteiger partial charge in [-0.2, -0.15) is 13.2 Å². The topological polar surface area (TPSA) is 66.0 Å². The van der Waals surface area contributed by atoms with Crippen molar-refractivity contribution in [3.8, 4) is 0 Å². The predicted molar refractivity (Wildman–Crippen MR) is 63.8 cm³/mol. The highest BCUT2D eigenvalue weighted by Crippen LogP contribution is 2.27. The number of rotatable bonds is 4. The average molecular weight is 274 g/mol. The largest absolute Gasteiger partial charge is 0.433 e. The molecule has 8 heteroatoms. The Labute approximate surface area is 107 Å². The molecule has 3 N–H and O–H groups in total. The number of nitrogens with zero attached hydrogens (tertiary/aromatic N) is 1. The molecule has 5 nitrogen and oxygen atoms in total. The van der Waals surface area contributed by atoms with Gasteiger partial charge < -0.3 is 10.7 Å². The van der Waals surface area contributed by atoms with Crippen molar-refractivity contribution >= 4 is 11.6 Å². The number of hydrogen-bond acceptors (Lipinski definition) is 4. The summed E-state index contributed by atoms with van der Waals surface area (Å²) in [6.07, 6.45) is -2.03. The van der Waals surface area contributed by atoms with Crippen LogP contribution in [0.25, 0.3) is 0 Å². The Hall–Kier alpha value is -2.09. The molecule has 0 aliphatic carbocycles. The molecular formula is C11H13F3N4O. The lowest BCUT2D eigenvalue weighted by Crippen LogP contribution is -2.33. The van der Waals surface area contributed by atoms with Gasteiger partial charge in [-0.25, -0.2) is 10.4 Å². The first kappa shape index (κ1) is 15.0. The molecule has 0 aliphatic heterocycles. The van der Waals surface area contributed by atoms with E-state index in [1.807, 2.05) is 0 Å². The molecule has 0 aliphatic rings. The van der Waals surface area contributed by atoms with Crippen LogP contribution in [-0.2, 0) is 11.0 Å². The molecule has 0 aromatic carbocycles. The molecule has 0 atom stereocenters. The molecular weight excluding hydrogens is 261 g/mol. The third-order valence-corrected chi connectivity index (χ3v) is 2.10. The molecule has 1 amide bonds. The number of hydrogen-bond donors (Lipinski definition) is 3. The number of halogens is 3. The van der Waals surface area contributed by atoms with Crippen LogP contribution in [0, 0.1) is 0 Å². The molecule has 1 aromatic rings. The van der Waals surface area contributed by atoms with Crippen LogP contribution in [0.5, 0.6) is 0 Å².